The summed E-state index contributed by atoms with van der Waals surface area (Å²) >= 11 is 0. The standard InChI is InChI=1S/C16H12F4NO/c17-15(18)13-5-1-11(2-6-13)9-21-22-10-12-3-7-14(8-4-12)16(19)20/h1-8,15-16H,10H2. The zero-order valence-electron chi connectivity index (χ0n) is 11.3. The van der Waals surface area contributed by atoms with Crippen molar-refractivity contribution in [3.05, 3.63) is 70.8 Å². The molecule has 0 fully saturated rings. The van der Waals surface area contributed by atoms with E-state index in [1.54, 1.807) is 0 Å². The highest BCUT2D eigenvalue weighted by Crippen LogP contribution is 2.19. The average Bonchev–Trinajstić information content (AvgIpc) is 2.52. The van der Waals surface area contributed by atoms with Gasteiger partial charge in [0.25, 0.3) is 12.9 Å². The van der Waals surface area contributed by atoms with Crippen molar-refractivity contribution in [1.82, 2.24) is 0 Å². The molecule has 0 spiro atoms. The maximum atomic E-state index is 12.4. The number of rotatable bonds is 6. The molecule has 0 N–H and O–H groups in total. The Kier molecular flexibility index (Phi) is 5.52. The number of benzene rings is 2. The summed E-state index contributed by atoms with van der Waals surface area (Å²) in [5, 5.41) is 3.58. The smallest absolute Gasteiger partial charge is 0.263 e. The highest BCUT2D eigenvalue weighted by atomic mass is 19.3. The first-order valence-electron chi connectivity index (χ1n) is 6.39. The van der Waals surface area contributed by atoms with Crippen LogP contribution in [-0.4, -0.2) is 6.21 Å². The maximum absolute atomic E-state index is 12.4. The molecule has 0 heterocycles. The summed E-state index contributed by atoms with van der Waals surface area (Å²) in [6.07, 6.45) is -2.47. The minimum Gasteiger partial charge on any atom is -0.390 e. The van der Waals surface area contributed by atoms with Gasteiger partial charge in [0, 0.05) is 16.7 Å². The van der Waals surface area contributed by atoms with E-state index in [2.05, 4.69) is 11.4 Å². The van der Waals surface area contributed by atoms with E-state index in [4.69, 9.17) is 4.84 Å². The Balaban J connectivity index is 1.84. The number of alkyl halides is 4. The minimum atomic E-state index is -2.52. The molecule has 2 nitrogen and oxygen atoms in total. The van der Waals surface area contributed by atoms with Crippen molar-refractivity contribution in [2.24, 2.45) is 5.16 Å². The Morgan fingerprint density at radius 3 is 1.82 bits per heavy atom. The van der Waals surface area contributed by atoms with Crippen molar-refractivity contribution < 1.29 is 22.4 Å². The summed E-state index contributed by atoms with van der Waals surface area (Å²) in [5.74, 6) is 0. The van der Waals surface area contributed by atoms with Crippen LogP contribution < -0.4 is 0 Å². The SMILES string of the molecule is FC(F)c1ccc(/[C]=N\OCc2ccc(C(F)F)cc2)cc1. The molecule has 1 radical (unpaired) electrons. The average molecular weight is 310 g/mol. The van der Waals surface area contributed by atoms with Crippen molar-refractivity contribution in [2.75, 3.05) is 0 Å². The topological polar surface area (TPSA) is 21.6 Å². The molecular formula is C16H12F4NO. The number of hydrogen-bond acceptors (Lipinski definition) is 2. The van der Waals surface area contributed by atoms with E-state index >= 15 is 0 Å². The van der Waals surface area contributed by atoms with Gasteiger partial charge in [-0.3, -0.25) is 0 Å². The van der Waals surface area contributed by atoms with Crippen molar-refractivity contribution in [3.8, 4) is 0 Å². The molecule has 0 bridgehead atoms. The summed E-state index contributed by atoms with van der Waals surface area (Å²) in [7, 11) is 0. The van der Waals surface area contributed by atoms with Crippen molar-refractivity contribution in [1.29, 1.82) is 0 Å². The summed E-state index contributed by atoms with van der Waals surface area (Å²) in [6, 6.07) is 11.2. The first-order chi connectivity index (χ1) is 10.6. The second-order valence-electron chi connectivity index (χ2n) is 4.44. The Hall–Kier alpha value is -2.37. The predicted molar refractivity (Wildman–Crippen MR) is 74.1 cm³/mol. The number of halogens is 4. The fraction of sp³-hybridized carbons (Fsp3) is 0.188. The second kappa shape index (κ2) is 7.59. The van der Waals surface area contributed by atoms with Gasteiger partial charge in [-0.15, -0.1) is 0 Å². The van der Waals surface area contributed by atoms with Gasteiger partial charge < -0.3 is 4.84 Å². The lowest BCUT2D eigenvalue weighted by atomic mass is 10.1. The third kappa shape index (κ3) is 4.58. The lowest BCUT2D eigenvalue weighted by molar-refractivity contribution is 0.131. The highest BCUT2D eigenvalue weighted by molar-refractivity contribution is 5.79. The molecule has 22 heavy (non-hydrogen) atoms. The van der Waals surface area contributed by atoms with Crippen LogP contribution in [0.25, 0.3) is 0 Å². The fourth-order valence-electron chi connectivity index (χ4n) is 1.65. The normalized spacial score (nSPS) is 11.5. The molecule has 0 saturated heterocycles. The summed E-state index contributed by atoms with van der Waals surface area (Å²) in [6.45, 7) is 0.103. The van der Waals surface area contributed by atoms with E-state index < -0.39 is 12.9 Å². The Morgan fingerprint density at radius 1 is 0.818 bits per heavy atom. The van der Waals surface area contributed by atoms with Crippen LogP contribution in [0.2, 0.25) is 0 Å². The zero-order chi connectivity index (χ0) is 15.9. The lowest BCUT2D eigenvalue weighted by Gasteiger charge is -2.02. The van der Waals surface area contributed by atoms with Gasteiger partial charge in [-0.2, -0.15) is 0 Å². The predicted octanol–water partition coefficient (Wildman–Crippen LogP) is 4.99. The van der Waals surface area contributed by atoms with Crippen LogP contribution in [0.3, 0.4) is 0 Å². The van der Waals surface area contributed by atoms with Gasteiger partial charge in [-0.05, 0) is 5.56 Å². The van der Waals surface area contributed by atoms with Gasteiger partial charge in [-0.1, -0.05) is 53.7 Å². The van der Waals surface area contributed by atoms with Gasteiger partial charge in [0.1, 0.15) is 12.8 Å². The molecule has 0 aliphatic rings. The van der Waals surface area contributed by atoms with Crippen LogP contribution >= 0.6 is 0 Å². The Labute approximate surface area is 125 Å². The largest absolute Gasteiger partial charge is 0.390 e. The molecule has 2 rings (SSSR count). The Morgan fingerprint density at radius 2 is 1.32 bits per heavy atom. The van der Waals surface area contributed by atoms with E-state index in [0.29, 0.717) is 11.1 Å². The lowest BCUT2D eigenvalue weighted by Crippen LogP contribution is -1.90. The van der Waals surface area contributed by atoms with Crippen molar-refractivity contribution in [3.63, 3.8) is 0 Å². The van der Waals surface area contributed by atoms with Crippen molar-refractivity contribution >= 4 is 6.21 Å². The molecule has 0 atom stereocenters. The zero-order valence-corrected chi connectivity index (χ0v) is 11.3. The van der Waals surface area contributed by atoms with Crippen LogP contribution in [0.1, 0.15) is 35.1 Å². The van der Waals surface area contributed by atoms with Crippen LogP contribution in [0.5, 0.6) is 0 Å². The first kappa shape index (κ1) is 16.0. The van der Waals surface area contributed by atoms with E-state index in [1.165, 1.54) is 48.5 Å². The third-order valence-electron chi connectivity index (χ3n) is 2.86. The molecular weight excluding hydrogens is 298 g/mol. The molecule has 2 aromatic rings. The quantitative estimate of drug-likeness (QED) is 0.418. The highest BCUT2D eigenvalue weighted by Gasteiger charge is 2.06. The van der Waals surface area contributed by atoms with E-state index in [0.717, 1.165) is 0 Å². The third-order valence-corrected chi connectivity index (χ3v) is 2.86. The molecule has 115 valence electrons. The number of hydrogen-bond donors (Lipinski definition) is 0. The van der Waals surface area contributed by atoms with Gasteiger partial charge >= 0.3 is 0 Å². The Bertz CT molecular complexity index is 609. The molecule has 6 heteroatoms. The van der Waals surface area contributed by atoms with Crippen LogP contribution in [-0.2, 0) is 11.4 Å². The maximum Gasteiger partial charge on any atom is 0.263 e. The number of nitrogens with zero attached hydrogens (tertiary/aromatic N) is 1. The first-order valence-corrected chi connectivity index (χ1v) is 6.39. The van der Waals surface area contributed by atoms with Crippen molar-refractivity contribution in [2.45, 2.75) is 19.5 Å². The van der Waals surface area contributed by atoms with E-state index in [9.17, 15) is 17.6 Å². The monoisotopic (exact) mass is 310 g/mol. The van der Waals surface area contributed by atoms with Gasteiger partial charge in [0.05, 0.1) is 0 Å². The summed E-state index contributed by atoms with van der Waals surface area (Å²) in [4.78, 5) is 4.98. The van der Waals surface area contributed by atoms with Gasteiger partial charge in [-0.25, -0.2) is 17.6 Å². The molecule has 0 aliphatic heterocycles. The van der Waals surface area contributed by atoms with Crippen LogP contribution in [0, 0.1) is 0 Å². The molecule has 0 aromatic heterocycles. The van der Waals surface area contributed by atoms with E-state index in [-0.39, 0.29) is 17.7 Å². The molecule has 0 amide bonds. The molecule has 0 aliphatic carbocycles. The molecule has 0 unspecified atom stereocenters. The van der Waals surface area contributed by atoms with Crippen LogP contribution in [0.4, 0.5) is 17.6 Å². The van der Waals surface area contributed by atoms with Gasteiger partial charge in [0.15, 0.2) is 0 Å². The van der Waals surface area contributed by atoms with Gasteiger partial charge in [0.2, 0.25) is 0 Å². The fourth-order valence-corrected chi connectivity index (χ4v) is 1.65. The molecule has 2 aromatic carbocycles. The minimum absolute atomic E-state index is 0.0575. The molecule has 0 saturated carbocycles. The summed E-state index contributed by atoms with van der Waals surface area (Å²) in [5.41, 5.74) is 1.05. The summed E-state index contributed by atoms with van der Waals surface area (Å²) < 4.78 is 49.4. The van der Waals surface area contributed by atoms with Crippen LogP contribution in [0.15, 0.2) is 53.7 Å². The second-order valence-corrected chi connectivity index (χ2v) is 4.44. The van der Waals surface area contributed by atoms with E-state index in [1.807, 2.05) is 0 Å².